The quantitative estimate of drug-likeness (QED) is 0.622. The van der Waals surface area contributed by atoms with E-state index in [1.165, 1.54) is 37.7 Å². The third-order valence-electron chi connectivity index (χ3n) is 4.03. The van der Waals surface area contributed by atoms with Crippen molar-refractivity contribution in [2.75, 3.05) is 7.11 Å². The molecule has 0 heterocycles. The second-order valence-corrected chi connectivity index (χ2v) is 6.28. The second kappa shape index (κ2) is 7.27. The topological polar surface area (TPSA) is 47.3 Å². The van der Waals surface area contributed by atoms with Crippen LogP contribution >= 0.6 is 15.9 Å². The van der Waals surface area contributed by atoms with E-state index in [1.807, 2.05) is 6.07 Å². The van der Waals surface area contributed by atoms with E-state index in [1.54, 1.807) is 7.11 Å². The van der Waals surface area contributed by atoms with E-state index in [-0.39, 0.29) is 0 Å². The molecule has 1 fully saturated rings. The van der Waals surface area contributed by atoms with Gasteiger partial charge < -0.3 is 4.74 Å². The maximum atomic E-state index is 5.71. The van der Waals surface area contributed by atoms with E-state index in [2.05, 4.69) is 33.5 Å². The van der Waals surface area contributed by atoms with Gasteiger partial charge in [-0.25, -0.2) is 0 Å². The lowest BCUT2D eigenvalue weighted by Crippen LogP contribution is -2.38. The van der Waals surface area contributed by atoms with Crippen LogP contribution in [0.1, 0.15) is 37.7 Å². The summed E-state index contributed by atoms with van der Waals surface area (Å²) in [7, 11) is 1.68. The summed E-state index contributed by atoms with van der Waals surface area (Å²) in [6.45, 7) is 0. The number of hydrazine groups is 1. The van der Waals surface area contributed by atoms with Gasteiger partial charge in [-0.05, 0) is 52.4 Å². The van der Waals surface area contributed by atoms with Crippen LogP contribution in [0, 0.1) is 5.92 Å². The third kappa shape index (κ3) is 4.20. The van der Waals surface area contributed by atoms with Crippen LogP contribution in [0.5, 0.6) is 5.75 Å². The standard InChI is InChI=1S/C15H23BrN2O/c1-19-15-7-6-12(10-14(15)16)9-13(18-17)8-11-4-2-3-5-11/h6-7,10-11,13,18H,2-5,8-9,17H2,1H3. The Morgan fingerprint density at radius 1 is 1.42 bits per heavy atom. The summed E-state index contributed by atoms with van der Waals surface area (Å²) in [5.41, 5.74) is 4.26. The number of hydrogen-bond acceptors (Lipinski definition) is 3. The van der Waals surface area contributed by atoms with E-state index >= 15 is 0 Å². The summed E-state index contributed by atoms with van der Waals surface area (Å²) in [6, 6.07) is 6.60. The van der Waals surface area contributed by atoms with Crippen LogP contribution in [0.3, 0.4) is 0 Å². The van der Waals surface area contributed by atoms with Gasteiger partial charge >= 0.3 is 0 Å². The number of rotatable bonds is 6. The molecule has 2 rings (SSSR count). The number of benzene rings is 1. The minimum Gasteiger partial charge on any atom is -0.496 e. The van der Waals surface area contributed by atoms with Crippen molar-refractivity contribution < 1.29 is 4.74 Å². The molecule has 4 heteroatoms. The average Bonchev–Trinajstić information content (AvgIpc) is 2.91. The molecule has 0 saturated heterocycles. The zero-order valence-corrected chi connectivity index (χ0v) is 13.1. The molecule has 1 saturated carbocycles. The minimum absolute atomic E-state index is 0.364. The van der Waals surface area contributed by atoms with Crippen LogP contribution in [0.4, 0.5) is 0 Å². The molecule has 3 nitrogen and oxygen atoms in total. The number of nitrogens with one attached hydrogen (secondary N) is 1. The van der Waals surface area contributed by atoms with Gasteiger partial charge in [-0.15, -0.1) is 0 Å². The first kappa shape index (κ1) is 14.8. The van der Waals surface area contributed by atoms with Gasteiger partial charge in [0.1, 0.15) is 5.75 Å². The predicted molar refractivity (Wildman–Crippen MR) is 82.1 cm³/mol. The van der Waals surface area contributed by atoms with Gasteiger partial charge in [-0.3, -0.25) is 11.3 Å². The van der Waals surface area contributed by atoms with Crippen LogP contribution in [-0.2, 0) is 6.42 Å². The Hall–Kier alpha value is -0.580. The summed E-state index contributed by atoms with van der Waals surface area (Å²) < 4.78 is 6.26. The molecule has 1 aliphatic rings. The van der Waals surface area contributed by atoms with Gasteiger partial charge in [-0.2, -0.15) is 0 Å². The Labute approximate surface area is 124 Å². The molecule has 1 aromatic rings. The molecule has 3 N–H and O–H groups in total. The van der Waals surface area contributed by atoms with Crippen LogP contribution in [-0.4, -0.2) is 13.2 Å². The molecule has 0 aliphatic heterocycles. The van der Waals surface area contributed by atoms with Crippen molar-refractivity contribution in [3.05, 3.63) is 28.2 Å². The SMILES string of the molecule is COc1ccc(CC(CC2CCCC2)NN)cc1Br. The molecule has 106 valence electrons. The van der Waals surface area contributed by atoms with Crippen LogP contribution in [0.2, 0.25) is 0 Å². The largest absolute Gasteiger partial charge is 0.496 e. The van der Waals surface area contributed by atoms with Gasteiger partial charge in [0.25, 0.3) is 0 Å². The molecule has 1 atom stereocenters. The van der Waals surface area contributed by atoms with Crippen molar-refractivity contribution in [2.45, 2.75) is 44.6 Å². The summed E-state index contributed by atoms with van der Waals surface area (Å²) in [6.07, 6.45) is 7.65. The Kier molecular flexibility index (Phi) is 5.67. The number of hydrogen-bond donors (Lipinski definition) is 2. The molecule has 0 aromatic heterocycles. The molecule has 0 radical (unpaired) electrons. The van der Waals surface area contributed by atoms with Crippen molar-refractivity contribution >= 4 is 15.9 Å². The van der Waals surface area contributed by atoms with Crippen LogP contribution in [0.15, 0.2) is 22.7 Å². The van der Waals surface area contributed by atoms with E-state index in [9.17, 15) is 0 Å². The molecule has 1 aromatic carbocycles. The normalized spacial score (nSPS) is 17.6. The molecule has 19 heavy (non-hydrogen) atoms. The zero-order valence-electron chi connectivity index (χ0n) is 11.5. The van der Waals surface area contributed by atoms with Gasteiger partial charge in [-0.1, -0.05) is 31.7 Å². The highest BCUT2D eigenvalue weighted by Gasteiger charge is 2.19. The second-order valence-electron chi connectivity index (χ2n) is 5.42. The van der Waals surface area contributed by atoms with Gasteiger partial charge in [0, 0.05) is 6.04 Å². The van der Waals surface area contributed by atoms with E-state index in [0.29, 0.717) is 6.04 Å². The first-order valence-electron chi connectivity index (χ1n) is 7.01. The summed E-state index contributed by atoms with van der Waals surface area (Å²) in [5.74, 6) is 7.43. The van der Waals surface area contributed by atoms with Crippen LogP contribution in [0.25, 0.3) is 0 Å². The smallest absolute Gasteiger partial charge is 0.133 e. The monoisotopic (exact) mass is 326 g/mol. The first-order valence-corrected chi connectivity index (χ1v) is 7.80. The van der Waals surface area contributed by atoms with Crippen molar-refractivity contribution in [2.24, 2.45) is 11.8 Å². The molecule has 1 aliphatic carbocycles. The molecular weight excluding hydrogens is 304 g/mol. The highest BCUT2D eigenvalue weighted by molar-refractivity contribution is 9.10. The maximum Gasteiger partial charge on any atom is 0.133 e. The lowest BCUT2D eigenvalue weighted by Gasteiger charge is -2.20. The zero-order chi connectivity index (χ0) is 13.7. The number of nitrogens with two attached hydrogens (primary N) is 1. The van der Waals surface area contributed by atoms with Gasteiger partial charge in [0.15, 0.2) is 0 Å². The molecule has 0 spiro atoms. The fourth-order valence-corrected chi connectivity index (χ4v) is 3.57. The minimum atomic E-state index is 0.364. The van der Waals surface area contributed by atoms with Crippen molar-refractivity contribution in [1.29, 1.82) is 0 Å². The van der Waals surface area contributed by atoms with E-state index in [4.69, 9.17) is 10.6 Å². The Bertz CT molecular complexity index is 405. The van der Waals surface area contributed by atoms with Gasteiger partial charge in [0.2, 0.25) is 0 Å². The predicted octanol–water partition coefficient (Wildman–Crippen LogP) is 3.41. The molecular formula is C15H23BrN2O. The Morgan fingerprint density at radius 2 is 2.16 bits per heavy atom. The Morgan fingerprint density at radius 3 is 2.74 bits per heavy atom. The first-order chi connectivity index (χ1) is 9.22. The van der Waals surface area contributed by atoms with Crippen LogP contribution < -0.4 is 16.0 Å². The lowest BCUT2D eigenvalue weighted by atomic mass is 9.94. The Balaban J connectivity index is 1.95. The van der Waals surface area contributed by atoms with Crippen molar-refractivity contribution in [3.8, 4) is 5.75 Å². The molecule has 0 bridgehead atoms. The summed E-state index contributed by atoms with van der Waals surface area (Å²) in [4.78, 5) is 0. The number of methoxy groups -OCH3 is 1. The number of ether oxygens (including phenoxy) is 1. The van der Waals surface area contributed by atoms with E-state index in [0.717, 1.165) is 22.6 Å². The van der Waals surface area contributed by atoms with E-state index < -0.39 is 0 Å². The lowest BCUT2D eigenvalue weighted by molar-refractivity contribution is 0.389. The fraction of sp³-hybridized carbons (Fsp3) is 0.600. The van der Waals surface area contributed by atoms with Crippen molar-refractivity contribution in [3.63, 3.8) is 0 Å². The average molecular weight is 327 g/mol. The summed E-state index contributed by atoms with van der Waals surface area (Å²) >= 11 is 3.53. The highest BCUT2D eigenvalue weighted by atomic mass is 79.9. The molecule has 0 amide bonds. The highest BCUT2D eigenvalue weighted by Crippen LogP contribution is 2.30. The maximum absolute atomic E-state index is 5.71. The number of halogens is 1. The third-order valence-corrected chi connectivity index (χ3v) is 4.65. The summed E-state index contributed by atoms with van der Waals surface area (Å²) in [5, 5.41) is 0. The fourth-order valence-electron chi connectivity index (χ4n) is 2.98. The molecule has 1 unspecified atom stereocenters. The van der Waals surface area contributed by atoms with Crippen molar-refractivity contribution in [1.82, 2.24) is 5.43 Å². The van der Waals surface area contributed by atoms with Gasteiger partial charge in [0.05, 0.1) is 11.6 Å².